The first kappa shape index (κ1) is 12.3. The van der Waals surface area contributed by atoms with E-state index in [0.717, 1.165) is 22.9 Å². The average Bonchev–Trinajstić information content (AvgIpc) is 2.73. The van der Waals surface area contributed by atoms with E-state index in [4.69, 9.17) is 11.6 Å². The van der Waals surface area contributed by atoms with Crippen LogP contribution in [-0.2, 0) is 13.0 Å². The van der Waals surface area contributed by atoms with Crippen molar-refractivity contribution in [3.05, 3.63) is 33.1 Å². The molecule has 90 valence electrons. The number of nitrogens with one attached hydrogen (secondary N) is 1. The van der Waals surface area contributed by atoms with Gasteiger partial charge in [0.05, 0.1) is 6.54 Å². The van der Waals surface area contributed by atoms with E-state index in [1.54, 1.807) is 11.3 Å². The molecule has 4 nitrogen and oxygen atoms in total. The van der Waals surface area contributed by atoms with Gasteiger partial charge in [0.25, 0.3) is 0 Å². The quantitative estimate of drug-likeness (QED) is 0.866. The molecule has 2 rings (SSSR count). The molecular weight excluding hydrogens is 256 g/mol. The zero-order chi connectivity index (χ0) is 12.3. The molecule has 0 aliphatic carbocycles. The topological polar surface area (TPSA) is 50.7 Å². The zero-order valence-electron chi connectivity index (χ0n) is 9.70. The second-order valence-corrected chi connectivity index (χ2v) is 5.13. The Morgan fingerprint density at radius 1 is 1.41 bits per heavy atom. The van der Waals surface area contributed by atoms with Gasteiger partial charge in [-0.2, -0.15) is 0 Å². The van der Waals surface area contributed by atoms with Crippen LogP contribution in [-0.4, -0.2) is 15.0 Å². The summed E-state index contributed by atoms with van der Waals surface area (Å²) in [7, 11) is 0. The number of halogens is 1. The van der Waals surface area contributed by atoms with Crippen LogP contribution < -0.4 is 5.32 Å². The van der Waals surface area contributed by atoms with Crippen molar-refractivity contribution in [2.75, 3.05) is 5.32 Å². The predicted molar refractivity (Wildman–Crippen MR) is 70.6 cm³/mol. The van der Waals surface area contributed by atoms with E-state index in [9.17, 15) is 0 Å². The van der Waals surface area contributed by atoms with E-state index < -0.39 is 0 Å². The van der Waals surface area contributed by atoms with E-state index >= 15 is 0 Å². The number of aryl methyl sites for hydroxylation is 2. The summed E-state index contributed by atoms with van der Waals surface area (Å²) >= 11 is 7.49. The van der Waals surface area contributed by atoms with Gasteiger partial charge in [-0.25, -0.2) is 15.0 Å². The number of aromatic nitrogens is 3. The lowest BCUT2D eigenvalue weighted by molar-refractivity contribution is 1.04. The number of hydrogen-bond acceptors (Lipinski definition) is 5. The molecule has 0 amide bonds. The van der Waals surface area contributed by atoms with Gasteiger partial charge in [0.1, 0.15) is 10.8 Å². The van der Waals surface area contributed by atoms with Gasteiger partial charge < -0.3 is 5.32 Å². The Labute approximate surface area is 109 Å². The molecule has 2 aromatic rings. The molecule has 17 heavy (non-hydrogen) atoms. The average molecular weight is 269 g/mol. The van der Waals surface area contributed by atoms with E-state index in [1.165, 1.54) is 4.88 Å². The van der Waals surface area contributed by atoms with Crippen molar-refractivity contribution in [3.8, 4) is 0 Å². The molecule has 0 fully saturated rings. The summed E-state index contributed by atoms with van der Waals surface area (Å²) in [6.07, 6.45) is 2.94. The first-order valence-electron chi connectivity index (χ1n) is 5.36. The van der Waals surface area contributed by atoms with Crippen molar-refractivity contribution in [2.45, 2.75) is 26.8 Å². The minimum Gasteiger partial charge on any atom is -0.363 e. The molecule has 1 N–H and O–H groups in total. The Hall–Kier alpha value is -1.20. The highest BCUT2D eigenvalue weighted by atomic mass is 35.5. The summed E-state index contributed by atoms with van der Waals surface area (Å²) in [6.45, 7) is 4.67. The summed E-state index contributed by atoms with van der Waals surface area (Å²) in [5.41, 5.74) is 0.848. The second kappa shape index (κ2) is 5.42. The molecule has 0 saturated heterocycles. The van der Waals surface area contributed by atoms with Crippen molar-refractivity contribution in [1.82, 2.24) is 15.0 Å². The summed E-state index contributed by atoms with van der Waals surface area (Å²) in [4.78, 5) is 13.7. The maximum Gasteiger partial charge on any atom is 0.224 e. The molecule has 0 atom stereocenters. The number of thiazole rings is 1. The molecule has 0 spiro atoms. The molecule has 0 saturated carbocycles. The lowest BCUT2D eigenvalue weighted by Crippen LogP contribution is -2.02. The van der Waals surface area contributed by atoms with Gasteiger partial charge in [-0.3, -0.25) is 0 Å². The first-order valence-corrected chi connectivity index (χ1v) is 6.55. The lowest BCUT2D eigenvalue weighted by atomic mass is 10.4. The van der Waals surface area contributed by atoms with E-state index in [0.29, 0.717) is 6.54 Å². The van der Waals surface area contributed by atoms with Crippen LogP contribution in [0.5, 0.6) is 0 Å². The molecule has 0 aromatic carbocycles. The molecule has 2 heterocycles. The van der Waals surface area contributed by atoms with E-state index in [2.05, 4.69) is 27.2 Å². The van der Waals surface area contributed by atoms with Gasteiger partial charge in [0.2, 0.25) is 5.28 Å². The minimum absolute atomic E-state index is 0.265. The summed E-state index contributed by atoms with van der Waals surface area (Å²) < 4.78 is 0. The maximum absolute atomic E-state index is 5.78. The standard InChI is InChI=1S/C11H13ClN4S/c1-3-8-5-14-10(17-8)6-13-9-4-7(2)15-11(12)16-9/h4-5H,3,6H2,1-2H3,(H,13,15,16). The van der Waals surface area contributed by atoms with Gasteiger partial charge >= 0.3 is 0 Å². The number of hydrogen-bond donors (Lipinski definition) is 1. The zero-order valence-corrected chi connectivity index (χ0v) is 11.3. The van der Waals surface area contributed by atoms with Crippen LogP contribution in [0, 0.1) is 6.92 Å². The predicted octanol–water partition coefficient (Wildman–Crippen LogP) is 3.07. The van der Waals surface area contributed by atoms with Crippen LogP contribution in [0.1, 0.15) is 22.5 Å². The molecule has 0 radical (unpaired) electrons. The van der Waals surface area contributed by atoms with Crippen LogP contribution in [0.25, 0.3) is 0 Å². The Balaban J connectivity index is 2.01. The van der Waals surface area contributed by atoms with Crippen LogP contribution >= 0.6 is 22.9 Å². The van der Waals surface area contributed by atoms with Gasteiger partial charge in [-0.15, -0.1) is 11.3 Å². The van der Waals surface area contributed by atoms with Crippen molar-refractivity contribution in [2.24, 2.45) is 0 Å². The summed E-state index contributed by atoms with van der Waals surface area (Å²) in [6, 6.07) is 1.86. The fourth-order valence-corrected chi connectivity index (χ4v) is 2.41. The normalized spacial score (nSPS) is 10.5. The number of nitrogens with zero attached hydrogens (tertiary/aromatic N) is 3. The molecule has 0 aliphatic heterocycles. The highest BCUT2D eigenvalue weighted by molar-refractivity contribution is 7.11. The second-order valence-electron chi connectivity index (χ2n) is 3.59. The van der Waals surface area contributed by atoms with Crippen molar-refractivity contribution < 1.29 is 0 Å². The minimum atomic E-state index is 0.265. The van der Waals surface area contributed by atoms with Crippen LogP contribution in [0.2, 0.25) is 5.28 Å². The fourth-order valence-electron chi connectivity index (χ4n) is 1.38. The Morgan fingerprint density at radius 3 is 2.88 bits per heavy atom. The van der Waals surface area contributed by atoms with Gasteiger partial charge in [0.15, 0.2) is 0 Å². The van der Waals surface area contributed by atoms with Crippen molar-refractivity contribution >= 4 is 28.8 Å². The van der Waals surface area contributed by atoms with Crippen molar-refractivity contribution in [3.63, 3.8) is 0 Å². The molecule has 0 bridgehead atoms. The summed E-state index contributed by atoms with van der Waals surface area (Å²) in [5.74, 6) is 0.732. The number of rotatable bonds is 4. The highest BCUT2D eigenvalue weighted by Crippen LogP contribution is 2.15. The molecular formula is C11H13ClN4S. The number of anilines is 1. The molecule has 0 unspecified atom stereocenters. The Bertz CT molecular complexity index is 492. The van der Waals surface area contributed by atoms with Crippen LogP contribution in [0.15, 0.2) is 12.3 Å². The molecule has 2 aromatic heterocycles. The van der Waals surface area contributed by atoms with Gasteiger partial charge in [-0.05, 0) is 24.9 Å². The third-order valence-electron chi connectivity index (χ3n) is 2.20. The SMILES string of the molecule is CCc1cnc(CNc2cc(C)nc(Cl)n2)s1. The molecule has 0 aliphatic rings. The maximum atomic E-state index is 5.78. The van der Waals surface area contributed by atoms with Gasteiger partial charge in [0, 0.05) is 22.8 Å². The van der Waals surface area contributed by atoms with E-state index in [-0.39, 0.29) is 5.28 Å². The van der Waals surface area contributed by atoms with E-state index in [1.807, 2.05) is 19.2 Å². The van der Waals surface area contributed by atoms with Gasteiger partial charge in [-0.1, -0.05) is 6.92 Å². The summed E-state index contributed by atoms with van der Waals surface area (Å²) in [5, 5.41) is 4.51. The van der Waals surface area contributed by atoms with Crippen LogP contribution in [0.3, 0.4) is 0 Å². The first-order chi connectivity index (χ1) is 8.17. The Morgan fingerprint density at radius 2 is 2.24 bits per heavy atom. The largest absolute Gasteiger partial charge is 0.363 e. The Kier molecular flexibility index (Phi) is 3.91. The van der Waals surface area contributed by atoms with Crippen molar-refractivity contribution in [1.29, 1.82) is 0 Å². The highest BCUT2D eigenvalue weighted by Gasteiger charge is 2.03. The van der Waals surface area contributed by atoms with Crippen LogP contribution in [0.4, 0.5) is 5.82 Å². The third kappa shape index (κ3) is 3.38. The monoisotopic (exact) mass is 268 g/mol. The smallest absolute Gasteiger partial charge is 0.224 e. The fraction of sp³-hybridized carbons (Fsp3) is 0.364. The molecule has 6 heteroatoms. The third-order valence-corrected chi connectivity index (χ3v) is 3.51. The lowest BCUT2D eigenvalue weighted by Gasteiger charge is -2.04.